The number of benzene rings is 2. The van der Waals surface area contributed by atoms with Crippen molar-refractivity contribution in [2.24, 2.45) is 5.92 Å². The van der Waals surface area contributed by atoms with Crippen molar-refractivity contribution in [3.05, 3.63) is 59.7 Å². The van der Waals surface area contributed by atoms with Crippen LogP contribution in [0.25, 0.3) is 0 Å². The molecule has 0 bridgehead atoms. The van der Waals surface area contributed by atoms with Crippen LogP contribution in [0, 0.1) is 5.92 Å². The molecule has 2 heterocycles. The minimum atomic E-state index is -0.313. The molecule has 2 aromatic rings. The molecule has 0 aliphatic carbocycles. The van der Waals surface area contributed by atoms with E-state index in [2.05, 4.69) is 36.8 Å². The van der Waals surface area contributed by atoms with Crippen LogP contribution < -0.4 is 15.6 Å². The molecule has 3 N–H and O–H groups in total. The monoisotopic (exact) mass is 423 g/mol. The smallest absolute Gasteiger partial charge is 0.242 e. The predicted octanol–water partition coefficient (Wildman–Crippen LogP) is 4.09. The molecule has 0 saturated carbocycles. The second-order valence-corrected chi connectivity index (χ2v) is 8.48. The van der Waals surface area contributed by atoms with Gasteiger partial charge in [0.15, 0.2) is 0 Å². The van der Waals surface area contributed by atoms with E-state index in [1.54, 1.807) is 6.07 Å². The van der Waals surface area contributed by atoms with Crippen LogP contribution in [0.3, 0.4) is 0 Å². The van der Waals surface area contributed by atoms with Gasteiger partial charge in [0.1, 0.15) is 17.5 Å². The van der Waals surface area contributed by atoms with E-state index in [1.807, 2.05) is 35.2 Å². The maximum absolute atomic E-state index is 13.3. The number of carbonyl (C=O) groups excluding carboxylic acids is 1. The molecule has 2 fully saturated rings. The van der Waals surface area contributed by atoms with Crippen LogP contribution in [0.4, 0.5) is 0 Å². The number of hydrogen-bond acceptors (Lipinski definition) is 5. The number of para-hydroxylation sites is 1. The molecule has 0 aromatic heterocycles. The number of nitrogens with zero attached hydrogens (tertiary/aromatic N) is 1. The van der Waals surface area contributed by atoms with Crippen molar-refractivity contribution in [3.8, 4) is 11.5 Å². The lowest BCUT2D eigenvalue weighted by molar-refractivity contribution is -0.130. The van der Waals surface area contributed by atoms with Crippen LogP contribution in [-0.2, 0) is 4.79 Å². The summed E-state index contributed by atoms with van der Waals surface area (Å²) >= 11 is 0. The minimum Gasteiger partial charge on any atom is -0.508 e. The summed E-state index contributed by atoms with van der Waals surface area (Å²) in [6, 6.07) is 15.0. The van der Waals surface area contributed by atoms with Gasteiger partial charge in [-0.25, -0.2) is 10.9 Å². The van der Waals surface area contributed by atoms with E-state index < -0.39 is 0 Å². The SMILES string of the molecule is CCCCOc1ccc(C2C3C(NNC3c3ccccc3O)C(=O)N2CCCC)cc1. The molecule has 31 heavy (non-hydrogen) atoms. The number of amides is 1. The number of fused-ring (bicyclic) bond motifs is 1. The first kappa shape index (κ1) is 21.7. The first-order chi connectivity index (χ1) is 15.2. The van der Waals surface area contributed by atoms with Gasteiger partial charge in [-0.15, -0.1) is 0 Å². The molecule has 0 spiro atoms. The first-order valence-electron chi connectivity index (χ1n) is 11.5. The molecule has 4 atom stereocenters. The molecule has 2 aliphatic heterocycles. The highest BCUT2D eigenvalue weighted by Gasteiger charge is 2.55. The van der Waals surface area contributed by atoms with Gasteiger partial charge < -0.3 is 14.7 Å². The Morgan fingerprint density at radius 2 is 1.68 bits per heavy atom. The van der Waals surface area contributed by atoms with Crippen LogP contribution in [0.5, 0.6) is 11.5 Å². The zero-order chi connectivity index (χ0) is 21.8. The average Bonchev–Trinajstić information content (AvgIpc) is 3.32. The number of hydrogen-bond donors (Lipinski definition) is 3. The van der Waals surface area contributed by atoms with Gasteiger partial charge in [-0.1, -0.05) is 57.0 Å². The Morgan fingerprint density at radius 1 is 0.968 bits per heavy atom. The Hall–Kier alpha value is -2.57. The third kappa shape index (κ3) is 4.27. The van der Waals surface area contributed by atoms with Crippen LogP contribution >= 0.6 is 0 Å². The number of ether oxygens (including phenoxy) is 1. The van der Waals surface area contributed by atoms with Crippen LogP contribution in [0.2, 0.25) is 0 Å². The Bertz CT molecular complexity index is 886. The second kappa shape index (κ2) is 9.71. The van der Waals surface area contributed by atoms with Crippen molar-refractivity contribution in [2.45, 2.75) is 57.7 Å². The molecule has 2 saturated heterocycles. The maximum atomic E-state index is 13.3. The van der Waals surface area contributed by atoms with Crippen LogP contribution in [-0.4, -0.2) is 35.1 Å². The van der Waals surface area contributed by atoms with Crippen molar-refractivity contribution in [3.63, 3.8) is 0 Å². The standard InChI is InChI=1S/C25H33N3O3/c1-3-5-15-28-24(17-11-13-18(14-12-17)31-16-6-4-2)21-22(26-27-23(21)25(28)30)19-9-7-8-10-20(19)29/h7-14,21-24,26-27,29H,3-6,15-16H2,1-2H3. The molecule has 1 amide bonds. The summed E-state index contributed by atoms with van der Waals surface area (Å²) in [5.74, 6) is 1.21. The predicted molar refractivity (Wildman–Crippen MR) is 121 cm³/mol. The summed E-state index contributed by atoms with van der Waals surface area (Å²) in [6.07, 6.45) is 4.14. The van der Waals surface area contributed by atoms with Gasteiger partial charge in [0.2, 0.25) is 5.91 Å². The number of aromatic hydroxyl groups is 1. The molecule has 166 valence electrons. The van der Waals surface area contributed by atoms with Crippen molar-refractivity contribution in [2.75, 3.05) is 13.2 Å². The summed E-state index contributed by atoms with van der Waals surface area (Å²) in [7, 11) is 0. The fourth-order valence-electron chi connectivity index (χ4n) is 4.79. The number of likely N-dealkylation sites (tertiary alicyclic amines) is 1. The first-order valence-corrected chi connectivity index (χ1v) is 11.5. The van der Waals surface area contributed by atoms with E-state index in [1.165, 1.54) is 0 Å². The van der Waals surface area contributed by atoms with Gasteiger partial charge >= 0.3 is 0 Å². The molecule has 0 radical (unpaired) electrons. The van der Waals surface area contributed by atoms with Gasteiger partial charge in [-0.2, -0.15) is 0 Å². The van der Waals surface area contributed by atoms with Crippen LogP contribution in [0.1, 0.15) is 62.7 Å². The van der Waals surface area contributed by atoms with Crippen molar-refractivity contribution in [1.29, 1.82) is 0 Å². The number of unbranched alkanes of at least 4 members (excludes halogenated alkanes) is 2. The average molecular weight is 424 g/mol. The number of hydrazine groups is 1. The molecular formula is C25H33N3O3. The number of nitrogens with one attached hydrogen (secondary N) is 2. The zero-order valence-electron chi connectivity index (χ0n) is 18.4. The lowest BCUT2D eigenvalue weighted by Gasteiger charge is -2.31. The van der Waals surface area contributed by atoms with Crippen LogP contribution in [0.15, 0.2) is 48.5 Å². The molecule has 2 aliphatic rings. The zero-order valence-corrected chi connectivity index (χ0v) is 18.4. The lowest BCUT2D eigenvalue weighted by Crippen LogP contribution is -2.41. The Kier molecular flexibility index (Phi) is 6.78. The van der Waals surface area contributed by atoms with Gasteiger partial charge in [0, 0.05) is 18.0 Å². The third-order valence-electron chi connectivity index (χ3n) is 6.43. The quantitative estimate of drug-likeness (QED) is 0.530. The largest absolute Gasteiger partial charge is 0.508 e. The van der Waals surface area contributed by atoms with E-state index in [9.17, 15) is 9.90 Å². The molecular weight excluding hydrogens is 390 g/mol. The summed E-state index contributed by atoms with van der Waals surface area (Å²) < 4.78 is 5.83. The number of phenolic OH excluding ortho intramolecular Hbond substituents is 1. The summed E-state index contributed by atoms with van der Waals surface area (Å²) in [6.45, 7) is 5.74. The Balaban J connectivity index is 1.65. The van der Waals surface area contributed by atoms with E-state index >= 15 is 0 Å². The fourth-order valence-corrected chi connectivity index (χ4v) is 4.79. The van der Waals surface area contributed by atoms with Gasteiger partial charge in [-0.05, 0) is 36.6 Å². The number of phenols is 1. The number of rotatable bonds is 9. The highest BCUT2D eigenvalue weighted by molar-refractivity contribution is 5.86. The van der Waals surface area contributed by atoms with Crippen molar-refractivity contribution >= 4 is 5.91 Å². The molecule has 4 unspecified atom stereocenters. The Labute approximate surface area is 184 Å². The normalized spacial score (nSPS) is 25.1. The van der Waals surface area contributed by atoms with E-state index in [0.717, 1.165) is 49.1 Å². The van der Waals surface area contributed by atoms with Crippen molar-refractivity contribution < 1.29 is 14.6 Å². The van der Waals surface area contributed by atoms with E-state index in [-0.39, 0.29) is 35.7 Å². The molecule has 2 aromatic carbocycles. The second-order valence-electron chi connectivity index (χ2n) is 8.48. The fraction of sp³-hybridized carbons (Fsp3) is 0.480. The molecule has 4 rings (SSSR count). The summed E-state index contributed by atoms with van der Waals surface area (Å²) in [4.78, 5) is 15.3. The molecule has 6 nitrogen and oxygen atoms in total. The third-order valence-corrected chi connectivity index (χ3v) is 6.43. The van der Waals surface area contributed by atoms with Gasteiger partial charge in [-0.3, -0.25) is 4.79 Å². The highest BCUT2D eigenvalue weighted by atomic mass is 16.5. The maximum Gasteiger partial charge on any atom is 0.242 e. The topological polar surface area (TPSA) is 73.8 Å². The summed E-state index contributed by atoms with van der Waals surface area (Å²) in [5, 5.41) is 10.5. The van der Waals surface area contributed by atoms with Gasteiger partial charge in [0.05, 0.1) is 18.7 Å². The minimum absolute atomic E-state index is 0.0236. The van der Waals surface area contributed by atoms with E-state index in [4.69, 9.17) is 4.74 Å². The lowest BCUT2D eigenvalue weighted by atomic mass is 9.83. The molecule has 6 heteroatoms. The highest BCUT2D eigenvalue weighted by Crippen LogP contribution is 2.48. The summed E-state index contributed by atoms with van der Waals surface area (Å²) in [5.41, 5.74) is 8.42. The van der Waals surface area contributed by atoms with E-state index in [0.29, 0.717) is 6.61 Å². The number of carbonyl (C=O) groups is 1. The van der Waals surface area contributed by atoms with Crippen molar-refractivity contribution in [1.82, 2.24) is 15.8 Å². The van der Waals surface area contributed by atoms with Gasteiger partial charge in [0.25, 0.3) is 0 Å². The Morgan fingerprint density at radius 3 is 2.39 bits per heavy atom.